The summed E-state index contributed by atoms with van der Waals surface area (Å²) in [5, 5.41) is 20.7. The van der Waals surface area contributed by atoms with Gasteiger partial charge < -0.3 is 29.4 Å². The third kappa shape index (κ3) is 1.93. The smallest absolute Gasteiger partial charge is 0.209 e. The number of aromatic amines is 1. The average Bonchev–Trinajstić information content (AvgIpc) is 2.55. The fraction of sp³-hybridized carbons (Fsp3) is 0.188. The second-order valence-electron chi connectivity index (χ2n) is 4.85. The highest BCUT2D eigenvalue weighted by molar-refractivity contribution is 6.03. The molecular formula is C16H15NO6. The molecule has 2 aromatic carbocycles. The molecule has 0 saturated carbocycles. The Balaban J connectivity index is 2.66. The third-order valence-electron chi connectivity index (χ3n) is 3.72. The van der Waals surface area contributed by atoms with Crippen molar-refractivity contribution in [2.24, 2.45) is 0 Å². The number of aromatic nitrogens is 1. The Hall–Kier alpha value is -3.09. The van der Waals surface area contributed by atoms with E-state index in [1.165, 1.54) is 27.4 Å². The Morgan fingerprint density at radius 2 is 1.57 bits per heavy atom. The number of methoxy groups -OCH3 is 3. The van der Waals surface area contributed by atoms with Gasteiger partial charge in [0.2, 0.25) is 16.9 Å². The number of aromatic hydroxyl groups is 2. The first-order chi connectivity index (χ1) is 11.0. The molecule has 1 aromatic heterocycles. The van der Waals surface area contributed by atoms with E-state index in [1.807, 2.05) is 0 Å². The Bertz CT molecular complexity index is 976. The lowest BCUT2D eigenvalue weighted by atomic mass is 10.1. The van der Waals surface area contributed by atoms with Gasteiger partial charge in [0.1, 0.15) is 11.3 Å². The summed E-state index contributed by atoms with van der Waals surface area (Å²) in [6.45, 7) is 0. The van der Waals surface area contributed by atoms with E-state index in [1.54, 1.807) is 12.1 Å². The first-order valence-corrected chi connectivity index (χ1v) is 6.73. The summed E-state index contributed by atoms with van der Waals surface area (Å²) < 4.78 is 15.7. The van der Waals surface area contributed by atoms with Gasteiger partial charge in [-0.1, -0.05) is 6.07 Å². The van der Waals surface area contributed by atoms with Crippen molar-refractivity contribution in [3.8, 4) is 28.7 Å². The highest BCUT2D eigenvalue weighted by Crippen LogP contribution is 2.49. The van der Waals surface area contributed by atoms with Crippen LogP contribution in [0.3, 0.4) is 0 Å². The van der Waals surface area contributed by atoms with Crippen LogP contribution in [0, 0.1) is 0 Å². The molecular weight excluding hydrogens is 302 g/mol. The number of fused-ring (bicyclic) bond motifs is 2. The molecule has 0 amide bonds. The van der Waals surface area contributed by atoms with Crippen LogP contribution in [0.5, 0.6) is 28.7 Å². The van der Waals surface area contributed by atoms with Crippen LogP contribution >= 0.6 is 0 Å². The Morgan fingerprint density at radius 3 is 2.17 bits per heavy atom. The average molecular weight is 317 g/mol. The van der Waals surface area contributed by atoms with Crippen LogP contribution < -0.4 is 19.6 Å². The Morgan fingerprint density at radius 1 is 0.913 bits per heavy atom. The Labute approximate surface area is 130 Å². The summed E-state index contributed by atoms with van der Waals surface area (Å²) in [4.78, 5) is 15.7. The number of para-hydroxylation sites is 1. The van der Waals surface area contributed by atoms with Gasteiger partial charge in [-0.25, -0.2) is 0 Å². The van der Waals surface area contributed by atoms with Crippen molar-refractivity contribution in [1.82, 2.24) is 4.98 Å². The predicted octanol–water partition coefficient (Wildman–Crippen LogP) is 2.12. The Kier molecular flexibility index (Phi) is 3.40. The number of H-pyrrole nitrogens is 1. The maximum absolute atomic E-state index is 12.8. The molecule has 3 aromatic rings. The highest BCUT2D eigenvalue weighted by Gasteiger charge is 2.25. The molecule has 3 rings (SSSR count). The van der Waals surface area contributed by atoms with E-state index < -0.39 is 5.43 Å². The van der Waals surface area contributed by atoms with E-state index in [9.17, 15) is 15.0 Å². The maximum Gasteiger partial charge on any atom is 0.209 e. The topological polar surface area (TPSA) is 101 Å². The molecule has 0 saturated heterocycles. The fourth-order valence-corrected chi connectivity index (χ4v) is 2.70. The molecule has 0 radical (unpaired) electrons. The van der Waals surface area contributed by atoms with Gasteiger partial charge in [-0.3, -0.25) is 4.79 Å². The summed E-state index contributed by atoms with van der Waals surface area (Å²) in [6, 6.07) is 4.56. The van der Waals surface area contributed by atoms with Gasteiger partial charge in [0.25, 0.3) is 0 Å². The van der Waals surface area contributed by atoms with Crippen molar-refractivity contribution >= 4 is 21.8 Å². The molecule has 0 aliphatic heterocycles. The molecule has 7 nitrogen and oxygen atoms in total. The minimum Gasteiger partial charge on any atom is -0.506 e. The molecule has 0 fully saturated rings. The molecule has 0 spiro atoms. The lowest BCUT2D eigenvalue weighted by molar-refractivity contribution is 0.314. The number of hydrogen-bond acceptors (Lipinski definition) is 6. The minimum absolute atomic E-state index is 0.00172. The van der Waals surface area contributed by atoms with Gasteiger partial charge in [-0.15, -0.1) is 0 Å². The molecule has 3 N–H and O–H groups in total. The number of hydrogen-bond donors (Lipinski definition) is 3. The molecule has 0 bridgehead atoms. The number of rotatable bonds is 3. The van der Waals surface area contributed by atoms with Gasteiger partial charge in [0, 0.05) is 0 Å². The lowest BCUT2D eigenvalue weighted by Crippen LogP contribution is -2.07. The van der Waals surface area contributed by atoms with Gasteiger partial charge >= 0.3 is 0 Å². The zero-order valence-electron chi connectivity index (χ0n) is 12.8. The molecule has 0 unspecified atom stereocenters. The van der Waals surface area contributed by atoms with Crippen LogP contribution in [0.15, 0.2) is 23.0 Å². The highest BCUT2D eigenvalue weighted by atomic mass is 16.5. The summed E-state index contributed by atoms with van der Waals surface area (Å²) in [5.41, 5.74) is -0.00188. The van der Waals surface area contributed by atoms with Crippen molar-refractivity contribution < 1.29 is 24.4 Å². The van der Waals surface area contributed by atoms with E-state index in [4.69, 9.17) is 14.2 Å². The number of pyridine rings is 1. The van der Waals surface area contributed by atoms with Crippen molar-refractivity contribution in [2.45, 2.75) is 0 Å². The maximum atomic E-state index is 12.8. The standard InChI is InChI=1S/C16H15NO6/c1-21-14-11-9(13(20)15(22-2)16(14)23-3)12(19)7-5-4-6-8(18)10(7)17-11/h4-6,18,20H,1-3H3,(H,17,19). The van der Waals surface area contributed by atoms with Gasteiger partial charge in [0.05, 0.1) is 37.6 Å². The molecule has 1 heterocycles. The van der Waals surface area contributed by atoms with Crippen LogP contribution in [-0.2, 0) is 0 Å². The second kappa shape index (κ2) is 5.28. The van der Waals surface area contributed by atoms with E-state index in [-0.39, 0.29) is 50.6 Å². The number of nitrogens with one attached hydrogen (secondary N) is 1. The summed E-state index contributed by atoms with van der Waals surface area (Å²) >= 11 is 0. The van der Waals surface area contributed by atoms with E-state index >= 15 is 0 Å². The number of phenols is 2. The predicted molar refractivity (Wildman–Crippen MR) is 85.1 cm³/mol. The van der Waals surface area contributed by atoms with Crippen LogP contribution in [-0.4, -0.2) is 36.5 Å². The first-order valence-electron chi connectivity index (χ1n) is 6.73. The third-order valence-corrected chi connectivity index (χ3v) is 3.72. The summed E-state index contributed by atoms with van der Waals surface area (Å²) in [7, 11) is 4.15. The molecule has 7 heteroatoms. The number of benzene rings is 2. The van der Waals surface area contributed by atoms with E-state index in [0.29, 0.717) is 0 Å². The van der Waals surface area contributed by atoms with Crippen LogP contribution in [0.1, 0.15) is 0 Å². The van der Waals surface area contributed by atoms with Crippen molar-refractivity contribution in [1.29, 1.82) is 0 Å². The van der Waals surface area contributed by atoms with E-state index in [0.717, 1.165) is 0 Å². The SMILES string of the molecule is COc1c(OC)c(O)c2c(=O)c3cccc(O)c3[nH]c2c1OC. The molecule has 0 aliphatic carbocycles. The summed E-state index contributed by atoms with van der Waals surface area (Å²) in [5.74, 6) is -0.101. The minimum atomic E-state index is -0.457. The summed E-state index contributed by atoms with van der Waals surface area (Å²) in [6.07, 6.45) is 0. The quantitative estimate of drug-likeness (QED) is 0.640. The molecule has 120 valence electrons. The van der Waals surface area contributed by atoms with Crippen LogP contribution in [0.2, 0.25) is 0 Å². The van der Waals surface area contributed by atoms with Gasteiger partial charge in [0.15, 0.2) is 11.5 Å². The van der Waals surface area contributed by atoms with Crippen LogP contribution in [0.4, 0.5) is 0 Å². The van der Waals surface area contributed by atoms with E-state index in [2.05, 4.69) is 4.98 Å². The normalized spacial score (nSPS) is 10.9. The zero-order valence-corrected chi connectivity index (χ0v) is 12.8. The van der Waals surface area contributed by atoms with Crippen molar-refractivity contribution in [3.05, 3.63) is 28.4 Å². The van der Waals surface area contributed by atoms with Crippen molar-refractivity contribution in [2.75, 3.05) is 21.3 Å². The van der Waals surface area contributed by atoms with Gasteiger partial charge in [-0.05, 0) is 12.1 Å². The van der Waals surface area contributed by atoms with Crippen molar-refractivity contribution in [3.63, 3.8) is 0 Å². The first kappa shape index (κ1) is 14.8. The number of phenolic OH excluding ortho intramolecular Hbond substituents is 2. The van der Waals surface area contributed by atoms with Gasteiger partial charge in [-0.2, -0.15) is 0 Å². The largest absolute Gasteiger partial charge is 0.506 e. The van der Waals surface area contributed by atoms with Crippen LogP contribution in [0.25, 0.3) is 21.8 Å². The lowest BCUT2D eigenvalue weighted by Gasteiger charge is -2.16. The molecule has 0 atom stereocenters. The molecule has 23 heavy (non-hydrogen) atoms. The fourth-order valence-electron chi connectivity index (χ4n) is 2.70. The second-order valence-corrected chi connectivity index (χ2v) is 4.85. The monoisotopic (exact) mass is 317 g/mol. The molecule has 0 aliphatic rings. The zero-order chi connectivity index (χ0) is 16.7. The number of ether oxygens (including phenoxy) is 3.